The predicted octanol–water partition coefficient (Wildman–Crippen LogP) is 5.71. The topological polar surface area (TPSA) is 96.1 Å². The molecule has 3 aromatic carbocycles. The minimum atomic E-state index is -0.201. The molecule has 0 atom stereocenters. The van der Waals surface area contributed by atoms with Crippen LogP contribution in [0.1, 0.15) is 30.1 Å². The molecule has 7 nitrogen and oxygen atoms in total. The van der Waals surface area contributed by atoms with E-state index in [0.29, 0.717) is 29.2 Å². The molecule has 0 aliphatic rings. The Kier molecular flexibility index (Phi) is 6.95. The second-order valence-electron chi connectivity index (χ2n) is 7.39. The van der Waals surface area contributed by atoms with E-state index < -0.39 is 0 Å². The number of hydrogen-bond donors (Lipinski definition) is 3. The molecule has 0 saturated heterocycles. The minimum Gasteiger partial charge on any atom is -0.497 e. The number of fused-ring (bicyclic) bond motifs is 1. The number of carbonyl (C=O) groups is 2. The molecule has 1 aromatic heterocycles. The van der Waals surface area contributed by atoms with Crippen LogP contribution >= 0.6 is 11.8 Å². The van der Waals surface area contributed by atoms with Crippen molar-refractivity contribution in [1.82, 2.24) is 10.2 Å². The predicted molar refractivity (Wildman–Crippen MR) is 131 cm³/mol. The van der Waals surface area contributed by atoms with Crippen molar-refractivity contribution in [2.45, 2.75) is 29.6 Å². The summed E-state index contributed by atoms with van der Waals surface area (Å²) in [6.45, 7) is 1.96. The lowest BCUT2D eigenvalue weighted by atomic mass is 10.2. The van der Waals surface area contributed by atoms with Crippen LogP contribution < -0.4 is 15.4 Å². The van der Waals surface area contributed by atoms with E-state index in [-0.39, 0.29) is 11.8 Å². The van der Waals surface area contributed by atoms with Crippen LogP contribution in [0, 0.1) is 0 Å². The van der Waals surface area contributed by atoms with Crippen LogP contribution in [0.3, 0.4) is 0 Å². The Morgan fingerprint density at radius 1 is 1.00 bits per heavy atom. The van der Waals surface area contributed by atoms with Gasteiger partial charge in [0, 0.05) is 32.8 Å². The zero-order valence-corrected chi connectivity index (χ0v) is 19.2. The van der Waals surface area contributed by atoms with Gasteiger partial charge in [0.1, 0.15) is 5.75 Å². The third-order valence-corrected chi connectivity index (χ3v) is 5.91. The van der Waals surface area contributed by atoms with Gasteiger partial charge in [-0.15, -0.1) is 0 Å². The Bertz CT molecular complexity index is 1300. The number of methoxy groups -OCH3 is 1. The van der Waals surface area contributed by atoms with Crippen LogP contribution in [0.4, 0.5) is 11.5 Å². The number of aromatic nitrogens is 2. The van der Waals surface area contributed by atoms with Crippen LogP contribution in [-0.4, -0.2) is 29.1 Å². The second-order valence-corrected chi connectivity index (χ2v) is 8.54. The zero-order valence-electron chi connectivity index (χ0n) is 18.3. The number of ether oxygens (including phenoxy) is 1. The summed E-state index contributed by atoms with van der Waals surface area (Å²) in [5.74, 6) is 0.932. The number of amides is 2. The normalized spacial score (nSPS) is 10.7. The summed E-state index contributed by atoms with van der Waals surface area (Å²) < 4.78 is 5.19. The summed E-state index contributed by atoms with van der Waals surface area (Å²) in [6, 6.07) is 20.6. The van der Waals surface area contributed by atoms with Crippen LogP contribution in [0.2, 0.25) is 0 Å². The van der Waals surface area contributed by atoms with Crippen LogP contribution in [0.15, 0.2) is 76.5 Å². The highest BCUT2D eigenvalue weighted by Crippen LogP contribution is 2.32. The molecule has 0 radical (unpaired) electrons. The monoisotopic (exact) mass is 460 g/mol. The number of nitrogens with one attached hydrogen (secondary N) is 3. The summed E-state index contributed by atoms with van der Waals surface area (Å²) in [6.07, 6.45) is 1.25. The zero-order chi connectivity index (χ0) is 23.2. The van der Waals surface area contributed by atoms with Crippen LogP contribution in [0.5, 0.6) is 5.75 Å². The molecular weight excluding hydrogens is 436 g/mol. The lowest BCUT2D eigenvalue weighted by Gasteiger charge is -2.09. The molecule has 2 amide bonds. The average molecular weight is 461 g/mol. The molecule has 0 aliphatic carbocycles. The lowest BCUT2D eigenvalue weighted by molar-refractivity contribution is -0.116. The van der Waals surface area contributed by atoms with Crippen molar-refractivity contribution in [3.8, 4) is 5.75 Å². The Morgan fingerprint density at radius 3 is 2.64 bits per heavy atom. The van der Waals surface area contributed by atoms with Gasteiger partial charge in [-0.2, -0.15) is 5.10 Å². The number of carbonyl (C=O) groups excluding carboxylic acids is 2. The molecule has 8 heteroatoms. The first-order valence-electron chi connectivity index (χ1n) is 10.6. The number of hydrogen-bond acceptors (Lipinski definition) is 5. The third-order valence-electron chi connectivity index (χ3n) is 4.93. The van der Waals surface area contributed by atoms with E-state index in [1.165, 1.54) is 0 Å². The molecule has 33 heavy (non-hydrogen) atoms. The third kappa shape index (κ3) is 5.53. The molecule has 0 bridgehead atoms. The molecule has 4 aromatic rings. The minimum absolute atomic E-state index is 0.0443. The SMILES string of the molecule is CCCC(=O)Nc1n[nH]c2cc(Sc3cccc(NC(=O)c4cccc(OC)c4)c3)ccc12. The van der Waals surface area contributed by atoms with Crippen molar-refractivity contribution in [3.63, 3.8) is 0 Å². The summed E-state index contributed by atoms with van der Waals surface area (Å²) >= 11 is 1.57. The quantitative estimate of drug-likeness (QED) is 0.313. The lowest BCUT2D eigenvalue weighted by Crippen LogP contribution is -2.11. The van der Waals surface area contributed by atoms with Crippen LogP contribution in [0.25, 0.3) is 10.9 Å². The van der Waals surface area contributed by atoms with Crippen molar-refractivity contribution in [2.75, 3.05) is 17.7 Å². The maximum atomic E-state index is 12.6. The first kappa shape index (κ1) is 22.4. The average Bonchev–Trinajstić information content (AvgIpc) is 3.21. The van der Waals surface area contributed by atoms with E-state index in [1.54, 1.807) is 43.1 Å². The number of rotatable bonds is 8. The van der Waals surface area contributed by atoms with Gasteiger partial charge >= 0.3 is 0 Å². The fourth-order valence-electron chi connectivity index (χ4n) is 3.32. The smallest absolute Gasteiger partial charge is 0.255 e. The summed E-state index contributed by atoms with van der Waals surface area (Å²) in [7, 11) is 1.57. The first-order valence-corrected chi connectivity index (χ1v) is 11.4. The van der Waals surface area contributed by atoms with Crippen molar-refractivity contribution in [3.05, 3.63) is 72.3 Å². The number of aromatic amines is 1. The highest BCUT2D eigenvalue weighted by molar-refractivity contribution is 7.99. The Balaban J connectivity index is 1.46. The van der Waals surface area contributed by atoms with E-state index in [2.05, 4.69) is 20.8 Å². The van der Waals surface area contributed by atoms with Crippen molar-refractivity contribution in [1.29, 1.82) is 0 Å². The van der Waals surface area contributed by atoms with E-state index in [9.17, 15) is 9.59 Å². The van der Waals surface area contributed by atoms with Crippen LogP contribution in [-0.2, 0) is 4.79 Å². The Hall–Kier alpha value is -3.78. The van der Waals surface area contributed by atoms with Gasteiger partial charge in [0.25, 0.3) is 5.91 Å². The Morgan fingerprint density at radius 2 is 1.82 bits per heavy atom. The van der Waals surface area contributed by atoms with Crippen molar-refractivity contribution >= 4 is 46.0 Å². The molecule has 0 spiro atoms. The molecule has 0 unspecified atom stereocenters. The maximum Gasteiger partial charge on any atom is 0.255 e. The van der Waals surface area contributed by atoms with Crippen molar-refractivity contribution < 1.29 is 14.3 Å². The van der Waals surface area contributed by atoms with E-state index >= 15 is 0 Å². The van der Waals surface area contributed by atoms with Gasteiger partial charge in [-0.3, -0.25) is 14.7 Å². The van der Waals surface area contributed by atoms with Gasteiger partial charge in [-0.1, -0.05) is 30.8 Å². The summed E-state index contributed by atoms with van der Waals surface area (Å²) in [5.41, 5.74) is 2.07. The van der Waals surface area contributed by atoms with Gasteiger partial charge in [0.15, 0.2) is 5.82 Å². The standard InChI is InChI=1S/C25H24N4O3S/c1-3-6-23(30)27-24-21-12-11-20(15-22(21)28-29-24)33-19-10-5-8-17(14-19)26-25(31)16-7-4-9-18(13-16)32-2/h4-5,7-15H,3,6H2,1-2H3,(H,26,31)(H2,27,28,29,30). The van der Waals surface area contributed by atoms with Crippen molar-refractivity contribution in [2.24, 2.45) is 0 Å². The van der Waals surface area contributed by atoms with E-state index in [0.717, 1.165) is 27.1 Å². The molecule has 168 valence electrons. The molecule has 1 heterocycles. The largest absolute Gasteiger partial charge is 0.497 e. The van der Waals surface area contributed by atoms with Gasteiger partial charge in [-0.25, -0.2) is 0 Å². The molecule has 3 N–H and O–H groups in total. The number of nitrogens with zero attached hydrogens (tertiary/aromatic N) is 1. The van der Waals surface area contributed by atoms with Gasteiger partial charge in [0.2, 0.25) is 5.91 Å². The number of anilines is 2. The number of H-pyrrole nitrogens is 1. The van der Waals surface area contributed by atoms with E-state index in [4.69, 9.17) is 4.74 Å². The van der Waals surface area contributed by atoms with Gasteiger partial charge in [0.05, 0.1) is 12.6 Å². The Labute approximate surface area is 195 Å². The second kappa shape index (κ2) is 10.2. The molecule has 0 saturated carbocycles. The molecule has 0 aliphatic heterocycles. The van der Waals surface area contributed by atoms with Gasteiger partial charge in [-0.05, 0) is 61.0 Å². The maximum absolute atomic E-state index is 12.6. The molecular formula is C25H24N4O3S. The first-order chi connectivity index (χ1) is 16.1. The fraction of sp³-hybridized carbons (Fsp3) is 0.160. The molecule has 4 rings (SSSR count). The fourth-order valence-corrected chi connectivity index (χ4v) is 4.24. The van der Waals surface area contributed by atoms with Gasteiger partial charge < -0.3 is 15.4 Å². The van der Waals surface area contributed by atoms with E-state index in [1.807, 2.05) is 49.4 Å². The number of benzene rings is 3. The summed E-state index contributed by atoms with van der Waals surface area (Å²) in [4.78, 5) is 26.5. The summed E-state index contributed by atoms with van der Waals surface area (Å²) in [5, 5.41) is 13.9. The molecule has 0 fully saturated rings. The highest BCUT2D eigenvalue weighted by Gasteiger charge is 2.11. The highest BCUT2D eigenvalue weighted by atomic mass is 32.2.